The molecule has 0 aliphatic carbocycles. The van der Waals surface area contributed by atoms with Crippen LogP contribution in [0.4, 0.5) is 19.0 Å². The summed E-state index contributed by atoms with van der Waals surface area (Å²) in [6, 6.07) is 12.0. The van der Waals surface area contributed by atoms with Crippen LogP contribution in [0.25, 0.3) is 10.9 Å². The molecule has 3 heterocycles. The monoisotopic (exact) mass is 415 g/mol. The Morgan fingerprint density at radius 1 is 1.07 bits per heavy atom. The summed E-state index contributed by atoms with van der Waals surface area (Å²) in [7, 11) is 0. The molecule has 1 amide bonds. The van der Waals surface area contributed by atoms with Crippen LogP contribution in [0.5, 0.6) is 0 Å². The van der Waals surface area contributed by atoms with Gasteiger partial charge in [0.15, 0.2) is 0 Å². The van der Waals surface area contributed by atoms with Gasteiger partial charge < -0.3 is 10.2 Å². The van der Waals surface area contributed by atoms with Crippen LogP contribution in [0, 0.1) is 6.92 Å². The number of hydrogen-bond donors (Lipinski definition) is 1. The smallest absolute Gasteiger partial charge is 0.356 e. The largest absolute Gasteiger partial charge is 0.433 e. The second kappa shape index (κ2) is 7.89. The van der Waals surface area contributed by atoms with Crippen LogP contribution in [0.3, 0.4) is 0 Å². The summed E-state index contributed by atoms with van der Waals surface area (Å²) in [6.07, 6.45) is -3.31. The summed E-state index contributed by atoms with van der Waals surface area (Å²) >= 11 is 0. The van der Waals surface area contributed by atoms with Crippen molar-refractivity contribution in [2.75, 3.05) is 18.0 Å². The summed E-state index contributed by atoms with van der Waals surface area (Å²) in [5.74, 6) is 0.0878. The first kappa shape index (κ1) is 20.1. The zero-order chi connectivity index (χ0) is 21.3. The Morgan fingerprint density at radius 3 is 2.53 bits per heavy atom. The quantitative estimate of drug-likeness (QED) is 0.706. The van der Waals surface area contributed by atoms with Crippen molar-refractivity contribution in [3.8, 4) is 0 Å². The third-order valence-corrected chi connectivity index (χ3v) is 5.10. The highest BCUT2D eigenvalue weighted by atomic mass is 19.4. The maximum absolute atomic E-state index is 13.0. The molecule has 1 N–H and O–H groups in total. The van der Waals surface area contributed by atoms with E-state index >= 15 is 0 Å². The highest BCUT2D eigenvalue weighted by Crippen LogP contribution is 2.30. The molecule has 1 aliphatic heterocycles. The number of alkyl halides is 3. The molecule has 1 saturated heterocycles. The molecule has 2 aromatic heterocycles. The molecule has 1 fully saturated rings. The van der Waals surface area contributed by atoms with Crippen molar-refractivity contribution in [2.24, 2.45) is 0 Å². The van der Waals surface area contributed by atoms with Crippen LogP contribution in [0.15, 0.2) is 42.5 Å². The Morgan fingerprint density at radius 2 is 1.80 bits per heavy atom. The molecular weight excluding hydrogens is 395 g/mol. The van der Waals surface area contributed by atoms with Gasteiger partial charge in [-0.2, -0.15) is 13.2 Å². The molecule has 6 nitrogen and oxygen atoms in total. The molecule has 1 aliphatic rings. The molecule has 156 valence electrons. The number of para-hydroxylation sites is 1. The fraction of sp³-hybridized carbons (Fsp3) is 0.333. The van der Waals surface area contributed by atoms with Crippen LogP contribution in [-0.4, -0.2) is 40.0 Å². The van der Waals surface area contributed by atoms with Crippen LogP contribution >= 0.6 is 0 Å². The number of pyridine rings is 1. The van der Waals surface area contributed by atoms with Gasteiger partial charge >= 0.3 is 6.18 Å². The van der Waals surface area contributed by atoms with E-state index in [1.807, 2.05) is 30.3 Å². The highest BCUT2D eigenvalue weighted by Gasteiger charge is 2.34. The van der Waals surface area contributed by atoms with E-state index in [1.165, 1.54) is 6.92 Å². The number of anilines is 1. The summed E-state index contributed by atoms with van der Waals surface area (Å²) in [5, 5.41) is 3.94. The molecule has 0 saturated carbocycles. The Hall–Kier alpha value is -3.23. The number of rotatable bonds is 3. The fourth-order valence-corrected chi connectivity index (χ4v) is 3.56. The number of nitrogens with one attached hydrogen (secondary N) is 1. The SMILES string of the molecule is Cc1nc(N2CCC(NC(=O)c3ccc4ccccc4n3)CC2)cc(C(F)(F)F)n1. The standard InChI is InChI=1S/C21H20F3N5O/c1-13-25-18(21(22,23)24)12-19(26-13)29-10-8-15(9-11-29)27-20(30)17-7-6-14-4-2-3-5-16(14)28-17/h2-7,12,15H,8-11H2,1H3,(H,27,30). The number of aryl methyl sites for hydroxylation is 1. The maximum atomic E-state index is 13.0. The Kier molecular flexibility index (Phi) is 5.27. The summed E-state index contributed by atoms with van der Waals surface area (Å²) in [6.45, 7) is 2.43. The first-order valence-electron chi connectivity index (χ1n) is 9.64. The van der Waals surface area contributed by atoms with Gasteiger partial charge in [-0.3, -0.25) is 4.79 Å². The lowest BCUT2D eigenvalue weighted by Gasteiger charge is -2.33. The number of amides is 1. The van der Waals surface area contributed by atoms with Crippen molar-refractivity contribution in [2.45, 2.75) is 32.0 Å². The van der Waals surface area contributed by atoms with E-state index in [9.17, 15) is 18.0 Å². The van der Waals surface area contributed by atoms with E-state index in [0.29, 0.717) is 31.6 Å². The molecule has 0 radical (unpaired) electrons. The van der Waals surface area contributed by atoms with Crippen LogP contribution in [-0.2, 0) is 6.18 Å². The van der Waals surface area contributed by atoms with E-state index in [1.54, 1.807) is 11.0 Å². The van der Waals surface area contributed by atoms with Gasteiger partial charge in [-0.25, -0.2) is 15.0 Å². The number of carbonyl (C=O) groups is 1. The Balaban J connectivity index is 1.40. The average Bonchev–Trinajstić information content (AvgIpc) is 2.73. The summed E-state index contributed by atoms with van der Waals surface area (Å²) < 4.78 is 39.1. The highest BCUT2D eigenvalue weighted by molar-refractivity contribution is 5.95. The van der Waals surface area contributed by atoms with Gasteiger partial charge in [0, 0.05) is 30.6 Å². The number of fused-ring (bicyclic) bond motifs is 1. The number of aromatic nitrogens is 3. The molecule has 3 aromatic rings. The van der Waals surface area contributed by atoms with Gasteiger partial charge in [0.05, 0.1) is 5.52 Å². The zero-order valence-corrected chi connectivity index (χ0v) is 16.3. The molecule has 9 heteroatoms. The van der Waals surface area contributed by atoms with Crippen molar-refractivity contribution in [1.82, 2.24) is 20.3 Å². The van der Waals surface area contributed by atoms with E-state index in [4.69, 9.17) is 0 Å². The van der Waals surface area contributed by atoms with Gasteiger partial charge in [0.1, 0.15) is 23.0 Å². The van der Waals surface area contributed by atoms with Crippen LogP contribution in [0.2, 0.25) is 0 Å². The number of hydrogen-bond acceptors (Lipinski definition) is 5. The van der Waals surface area contributed by atoms with Crippen molar-refractivity contribution >= 4 is 22.6 Å². The Bertz CT molecular complexity index is 1080. The predicted octanol–water partition coefficient (Wildman–Crippen LogP) is 3.75. The first-order valence-corrected chi connectivity index (χ1v) is 9.64. The minimum atomic E-state index is -4.51. The Labute approximate surface area is 171 Å². The second-order valence-corrected chi connectivity index (χ2v) is 7.28. The minimum absolute atomic E-state index is 0.0768. The third kappa shape index (κ3) is 4.34. The van der Waals surface area contributed by atoms with Crippen LogP contribution < -0.4 is 10.2 Å². The lowest BCUT2D eigenvalue weighted by atomic mass is 10.0. The van der Waals surface area contributed by atoms with Gasteiger partial charge in [0.2, 0.25) is 0 Å². The molecular formula is C21H20F3N5O. The predicted molar refractivity (Wildman–Crippen MR) is 106 cm³/mol. The number of halogens is 3. The molecule has 1 aromatic carbocycles. The third-order valence-electron chi connectivity index (χ3n) is 5.10. The summed E-state index contributed by atoms with van der Waals surface area (Å²) in [5.41, 5.74) is 0.153. The van der Waals surface area contributed by atoms with Crippen molar-refractivity contribution in [3.05, 3.63) is 59.7 Å². The number of piperidine rings is 1. The van der Waals surface area contributed by atoms with Gasteiger partial charge in [-0.05, 0) is 31.9 Å². The van der Waals surface area contributed by atoms with Crippen LogP contribution in [0.1, 0.15) is 34.8 Å². The van der Waals surface area contributed by atoms with Crippen molar-refractivity contribution in [1.29, 1.82) is 0 Å². The topological polar surface area (TPSA) is 71.0 Å². The molecule has 0 unspecified atom stereocenters. The minimum Gasteiger partial charge on any atom is -0.356 e. The second-order valence-electron chi connectivity index (χ2n) is 7.28. The average molecular weight is 415 g/mol. The van der Waals surface area contributed by atoms with E-state index in [-0.39, 0.29) is 23.6 Å². The van der Waals surface area contributed by atoms with Gasteiger partial charge in [-0.15, -0.1) is 0 Å². The maximum Gasteiger partial charge on any atom is 0.433 e. The molecule has 30 heavy (non-hydrogen) atoms. The lowest BCUT2D eigenvalue weighted by Crippen LogP contribution is -2.45. The molecule has 0 atom stereocenters. The van der Waals surface area contributed by atoms with Gasteiger partial charge in [0.25, 0.3) is 5.91 Å². The number of nitrogens with zero attached hydrogens (tertiary/aromatic N) is 4. The van der Waals surface area contributed by atoms with E-state index in [2.05, 4.69) is 20.3 Å². The molecule has 4 rings (SSSR count). The summed E-state index contributed by atoms with van der Waals surface area (Å²) in [4.78, 5) is 26.4. The first-order chi connectivity index (χ1) is 14.3. The fourth-order valence-electron chi connectivity index (χ4n) is 3.56. The number of benzene rings is 1. The molecule has 0 spiro atoms. The van der Waals surface area contributed by atoms with Gasteiger partial charge in [-0.1, -0.05) is 24.3 Å². The lowest BCUT2D eigenvalue weighted by molar-refractivity contribution is -0.141. The van der Waals surface area contributed by atoms with E-state index in [0.717, 1.165) is 17.0 Å². The van der Waals surface area contributed by atoms with Crippen molar-refractivity contribution in [3.63, 3.8) is 0 Å². The normalized spacial score (nSPS) is 15.4. The van der Waals surface area contributed by atoms with Crippen molar-refractivity contribution < 1.29 is 18.0 Å². The van der Waals surface area contributed by atoms with E-state index < -0.39 is 11.9 Å². The number of carbonyl (C=O) groups excluding carboxylic acids is 1. The zero-order valence-electron chi connectivity index (χ0n) is 16.3. The molecule has 0 bridgehead atoms.